The van der Waals surface area contributed by atoms with Gasteiger partial charge in [0.05, 0.1) is 16.7 Å². The monoisotopic (exact) mass is 410 g/mol. The predicted molar refractivity (Wildman–Crippen MR) is 136 cm³/mol. The molecule has 5 aromatic carbocycles. The van der Waals surface area contributed by atoms with E-state index in [4.69, 9.17) is 0 Å². The van der Waals surface area contributed by atoms with Gasteiger partial charge < -0.3 is 9.88 Å². The average Bonchev–Trinajstić information content (AvgIpc) is 3.19. The summed E-state index contributed by atoms with van der Waals surface area (Å²) in [5.74, 6) is 0. The van der Waals surface area contributed by atoms with E-state index in [0.717, 1.165) is 11.4 Å². The van der Waals surface area contributed by atoms with Gasteiger partial charge in [0.15, 0.2) is 0 Å². The quantitative estimate of drug-likeness (QED) is 0.310. The van der Waals surface area contributed by atoms with Crippen LogP contribution in [0.5, 0.6) is 0 Å². The Hall–Kier alpha value is -4.30. The number of aromatic nitrogens is 1. The maximum Gasteiger partial charge on any atom is 0.0562 e. The summed E-state index contributed by atoms with van der Waals surface area (Å²) in [5.41, 5.74) is 8.17. The van der Waals surface area contributed by atoms with Gasteiger partial charge >= 0.3 is 0 Å². The summed E-state index contributed by atoms with van der Waals surface area (Å²) >= 11 is 0. The van der Waals surface area contributed by atoms with Gasteiger partial charge in [0.2, 0.25) is 0 Å². The van der Waals surface area contributed by atoms with E-state index < -0.39 is 0 Å². The van der Waals surface area contributed by atoms with E-state index in [1.165, 1.54) is 38.6 Å². The van der Waals surface area contributed by atoms with Crippen LogP contribution in [-0.2, 0) is 0 Å². The predicted octanol–water partition coefficient (Wildman–Crippen LogP) is 8.19. The van der Waals surface area contributed by atoms with Crippen LogP contribution >= 0.6 is 0 Å². The Labute approximate surface area is 187 Å². The van der Waals surface area contributed by atoms with E-state index in [-0.39, 0.29) is 0 Å². The molecule has 32 heavy (non-hydrogen) atoms. The van der Waals surface area contributed by atoms with Crippen molar-refractivity contribution >= 4 is 33.2 Å². The molecule has 0 bridgehead atoms. The number of nitrogens with one attached hydrogen (secondary N) is 1. The molecule has 1 N–H and O–H groups in total. The fourth-order valence-electron chi connectivity index (χ4n) is 4.53. The normalized spacial score (nSPS) is 11.1. The van der Waals surface area contributed by atoms with Gasteiger partial charge in [-0.2, -0.15) is 0 Å². The Bertz CT molecular complexity index is 1530. The smallest absolute Gasteiger partial charge is 0.0562 e. The van der Waals surface area contributed by atoms with Gasteiger partial charge in [-0.25, -0.2) is 0 Å². The highest BCUT2D eigenvalue weighted by atomic mass is 15.0. The summed E-state index contributed by atoms with van der Waals surface area (Å²) in [7, 11) is 0. The van der Waals surface area contributed by atoms with E-state index in [0.29, 0.717) is 0 Å². The van der Waals surface area contributed by atoms with Crippen molar-refractivity contribution in [1.82, 2.24) is 4.57 Å². The number of fused-ring (bicyclic) bond motifs is 3. The number of anilines is 2. The van der Waals surface area contributed by atoms with E-state index in [1.807, 2.05) is 18.2 Å². The zero-order valence-electron chi connectivity index (χ0n) is 17.6. The van der Waals surface area contributed by atoms with Crippen LogP contribution in [0.3, 0.4) is 0 Å². The minimum atomic E-state index is 1.07. The van der Waals surface area contributed by atoms with E-state index in [1.54, 1.807) is 0 Å². The van der Waals surface area contributed by atoms with E-state index in [9.17, 15) is 0 Å². The van der Waals surface area contributed by atoms with E-state index in [2.05, 4.69) is 119 Å². The molecular weight excluding hydrogens is 388 g/mol. The zero-order valence-corrected chi connectivity index (χ0v) is 17.6. The number of rotatable bonds is 4. The molecule has 2 heteroatoms. The third-order valence-electron chi connectivity index (χ3n) is 5.97. The van der Waals surface area contributed by atoms with Crippen molar-refractivity contribution in [3.8, 4) is 16.8 Å². The lowest BCUT2D eigenvalue weighted by Crippen LogP contribution is -1.97. The van der Waals surface area contributed by atoms with Crippen molar-refractivity contribution in [1.29, 1.82) is 0 Å². The maximum atomic E-state index is 3.55. The molecule has 0 saturated heterocycles. The van der Waals surface area contributed by atoms with Gasteiger partial charge in [0.1, 0.15) is 0 Å². The number of hydrogen-bond acceptors (Lipinski definition) is 1. The largest absolute Gasteiger partial charge is 0.355 e. The first kappa shape index (κ1) is 18.5. The molecule has 0 radical (unpaired) electrons. The van der Waals surface area contributed by atoms with Crippen molar-refractivity contribution in [2.24, 2.45) is 0 Å². The van der Waals surface area contributed by atoms with Gasteiger partial charge in [-0.15, -0.1) is 0 Å². The molecule has 152 valence electrons. The molecule has 6 rings (SSSR count). The molecular formula is C30H22N2. The van der Waals surface area contributed by atoms with Gasteiger partial charge in [-0.3, -0.25) is 0 Å². The highest BCUT2D eigenvalue weighted by Gasteiger charge is 2.15. The lowest BCUT2D eigenvalue weighted by Gasteiger charge is -2.14. The van der Waals surface area contributed by atoms with Crippen LogP contribution in [0.15, 0.2) is 127 Å². The molecule has 0 saturated carbocycles. The highest BCUT2D eigenvalue weighted by molar-refractivity contribution is 6.10. The molecule has 0 aliphatic heterocycles. The fraction of sp³-hybridized carbons (Fsp3) is 0. The summed E-state index contributed by atoms with van der Waals surface area (Å²) in [4.78, 5) is 0. The standard InChI is InChI=1S/C30H22N2/c1-3-11-22(12-4-1)25-15-7-9-17-28(25)32-29-18-10-8-16-26(29)27-20-19-24(21-30(27)32)31-23-13-5-2-6-14-23/h1-21,31H. The molecule has 0 aliphatic rings. The summed E-state index contributed by atoms with van der Waals surface area (Å²) in [6.45, 7) is 0. The van der Waals surface area contributed by atoms with Crippen LogP contribution in [0.4, 0.5) is 11.4 Å². The third-order valence-corrected chi connectivity index (χ3v) is 5.97. The minimum Gasteiger partial charge on any atom is -0.355 e. The van der Waals surface area contributed by atoms with Crippen molar-refractivity contribution in [3.05, 3.63) is 127 Å². The number of nitrogens with zero attached hydrogens (tertiary/aromatic N) is 1. The van der Waals surface area contributed by atoms with Crippen molar-refractivity contribution in [2.45, 2.75) is 0 Å². The number of hydrogen-bond donors (Lipinski definition) is 1. The molecule has 0 amide bonds. The summed E-state index contributed by atoms with van der Waals surface area (Å²) in [5, 5.41) is 6.06. The van der Waals surface area contributed by atoms with Crippen molar-refractivity contribution in [2.75, 3.05) is 5.32 Å². The second-order valence-electron chi connectivity index (χ2n) is 7.96. The molecule has 1 heterocycles. The Morgan fingerprint density at radius 1 is 0.469 bits per heavy atom. The summed E-state index contributed by atoms with van der Waals surface area (Å²) < 4.78 is 2.39. The first-order chi connectivity index (χ1) is 15.9. The topological polar surface area (TPSA) is 17.0 Å². The van der Waals surface area contributed by atoms with Crippen molar-refractivity contribution < 1.29 is 0 Å². The van der Waals surface area contributed by atoms with Crippen LogP contribution in [0.25, 0.3) is 38.6 Å². The molecule has 2 nitrogen and oxygen atoms in total. The molecule has 0 atom stereocenters. The molecule has 0 unspecified atom stereocenters. The first-order valence-electron chi connectivity index (χ1n) is 10.9. The van der Waals surface area contributed by atoms with Crippen LogP contribution < -0.4 is 5.32 Å². The number of benzene rings is 5. The lowest BCUT2D eigenvalue weighted by atomic mass is 10.0. The lowest BCUT2D eigenvalue weighted by molar-refractivity contribution is 1.18. The van der Waals surface area contributed by atoms with Gasteiger partial charge in [0.25, 0.3) is 0 Å². The van der Waals surface area contributed by atoms with Gasteiger partial charge in [0, 0.05) is 27.7 Å². The summed E-state index contributed by atoms with van der Waals surface area (Å²) in [6, 6.07) is 44.9. The van der Waals surface area contributed by atoms with Crippen LogP contribution in [-0.4, -0.2) is 4.57 Å². The van der Waals surface area contributed by atoms with Gasteiger partial charge in [-0.05, 0) is 42.0 Å². The molecule has 1 aromatic heterocycles. The fourth-order valence-corrected chi connectivity index (χ4v) is 4.53. The van der Waals surface area contributed by atoms with Crippen LogP contribution in [0.2, 0.25) is 0 Å². The number of para-hydroxylation sites is 3. The van der Waals surface area contributed by atoms with Gasteiger partial charge in [-0.1, -0.05) is 91.0 Å². The second-order valence-corrected chi connectivity index (χ2v) is 7.96. The Morgan fingerprint density at radius 3 is 1.97 bits per heavy atom. The van der Waals surface area contributed by atoms with Crippen molar-refractivity contribution in [3.63, 3.8) is 0 Å². The van der Waals surface area contributed by atoms with E-state index >= 15 is 0 Å². The highest BCUT2D eigenvalue weighted by Crippen LogP contribution is 2.37. The summed E-state index contributed by atoms with van der Waals surface area (Å²) in [6.07, 6.45) is 0. The van der Waals surface area contributed by atoms with Crippen LogP contribution in [0.1, 0.15) is 0 Å². The first-order valence-corrected chi connectivity index (χ1v) is 10.9. The Kier molecular flexibility index (Phi) is 4.47. The van der Waals surface area contributed by atoms with Crippen LogP contribution in [0, 0.1) is 0 Å². The SMILES string of the molecule is c1ccc(Nc2ccc3c4ccccc4n(-c4ccccc4-c4ccccc4)c3c2)cc1. The Balaban J connectivity index is 1.62. The maximum absolute atomic E-state index is 3.55. The minimum absolute atomic E-state index is 1.07. The molecule has 0 spiro atoms. The molecule has 0 aliphatic carbocycles. The molecule has 0 fully saturated rings. The average molecular weight is 411 g/mol. The third kappa shape index (κ3) is 3.14. The Morgan fingerprint density at radius 2 is 1.12 bits per heavy atom. The zero-order chi connectivity index (χ0) is 21.3. The second kappa shape index (κ2) is 7.75. The molecule has 6 aromatic rings.